The number of imide groups is 1. The van der Waals surface area contributed by atoms with E-state index in [1.165, 1.54) is 217 Å². The number of rotatable bonds is 4. The number of benzene rings is 1. The van der Waals surface area contributed by atoms with E-state index in [9.17, 15) is 19.2 Å². The summed E-state index contributed by atoms with van der Waals surface area (Å²) in [5.74, 6) is -0.207. The first-order valence-electron chi connectivity index (χ1n) is 26.9. The number of hydrogen-bond donors (Lipinski definition) is 0. The fourth-order valence-electron chi connectivity index (χ4n) is 10.4. The number of alkyl halides is 1. The normalized spacial score (nSPS) is 22.0. The minimum atomic E-state index is -0.981. The van der Waals surface area contributed by atoms with Crippen LogP contribution in [0.15, 0.2) is 12.1 Å². The van der Waals surface area contributed by atoms with Crippen LogP contribution < -0.4 is 4.90 Å². The van der Waals surface area contributed by atoms with E-state index < -0.39 is 12.2 Å². The van der Waals surface area contributed by atoms with Gasteiger partial charge in [0.05, 0.1) is 22.9 Å². The van der Waals surface area contributed by atoms with E-state index in [1.54, 1.807) is 24.0 Å². The monoisotopic (exact) mass is 882 g/mol. The molecule has 2 aliphatic rings. The lowest BCUT2D eigenvalue weighted by Crippen LogP contribution is -2.50. The molecule has 1 saturated carbocycles. The zero-order valence-electron chi connectivity index (χ0n) is 40.2. The number of urea groups is 1. The predicted octanol–water partition coefficient (Wildman–Crippen LogP) is 18.4. The third-order valence-electron chi connectivity index (χ3n) is 14.5. The van der Waals surface area contributed by atoms with Gasteiger partial charge < -0.3 is 4.90 Å². The first kappa shape index (κ1) is 54.2. The molecular weight excluding hydrogens is 789 g/mol. The average molecular weight is 883 g/mol. The fourth-order valence-corrected chi connectivity index (χ4v) is 10.6. The van der Waals surface area contributed by atoms with Crippen LogP contribution in [0.5, 0.6) is 0 Å². The van der Waals surface area contributed by atoms with Crippen LogP contribution in [-0.2, 0) is 4.79 Å². The maximum Gasteiger partial charge on any atom is 0.332 e. The highest BCUT2D eigenvalue weighted by Crippen LogP contribution is 2.42. The lowest BCUT2D eigenvalue weighted by molar-refractivity contribution is -0.126. The van der Waals surface area contributed by atoms with Crippen LogP contribution in [0.1, 0.15) is 281 Å². The van der Waals surface area contributed by atoms with Crippen molar-refractivity contribution in [2.24, 2.45) is 0 Å². The van der Waals surface area contributed by atoms with Gasteiger partial charge in [-0.15, -0.1) is 0 Å². The molecule has 1 aromatic rings. The molecule has 7 heteroatoms. The largest absolute Gasteiger partial charge is 0.332 e. The van der Waals surface area contributed by atoms with Crippen molar-refractivity contribution in [1.29, 1.82) is 5.26 Å². The van der Waals surface area contributed by atoms with Crippen molar-refractivity contribution >= 4 is 29.2 Å². The van der Waals surface area contributed by atoms with Crippen LogP contribution in [0, 0.1) is 18.3 Å². The van der Waals surface area contributed by atoms with E-state index >= 15 is 0 Å². The van der Waals surface area contributed by atoms with E-state index in [2.05, 4.69) is 6.07 Å². The molecule has 0 atom stereocenters. The van der Waals surface area contributed by atoms with Gasteiger partial charge in [0.25, 0.3) is 5.91 Å². The van der Waals surface area contributed by atoms with E-state index in [0.29, 0.717) is 29.7 Å². The van der Waals surface area contributed by atoms with Crippen LogP contribution in [0.4, 0.5) is 14.9 Å². The minimum Gasteiger partial charge on any atom is -0.309 e. The molecule has 0 aromatic heterocycles. The summed E-state index contributed by atoms with van der Waals surface area (Å²) in [5.41, 5.74) is 0.322. The number of nitriles is 1. The molecule has 1 aromatic carbocycles. The van der Waals surface area contributed by atoms with Gasteiger partial charge in [-0.3, -0.25) is 9.18 Å². The zero-order valence-corrected chi connectivity index (χ0v) is 40.9. The van der Waals surface area contributed by atoms with E-state index in [0.717, 1.165) is 38.5 Å². The predicted molar refractivity (Wildman–Crippen MR) is 263 cm³/mol. The molecule has 1 aliphatic heterocycles. The maximum atomic E-state index is 14.7. The quantitative estimate of drug-likeness (QED) is 0.283. The lowest BCUT2D eigenvalue weighted by Gasteiger charge is -2.35. The molecule has 5 nitrogen and oxygen atoms in total. The number of anilines is 1. The van der Waals surface area contributed by atoms with Crippen molar-refractivity contribution in [2.75, 3.05) is 18.1 Å². The summed E-state index contributed by atoms with van der Waals surface area (Å²) in [6.45, 7) is 1.46. The number of amides is 3. The molecule has 354 valence electrons. The van der Waals surface area contributed by atoms with Gasteiger partial charge in [0.1, 0.15) is 11.6 Å². The molecule has 62 heavy (non-hydrogen) atoms. The smallest absolute Gasteiger partial charge is 0.309 e. The zero-order chi connectivity index (χ0) is 44.4. The molecule has 0 N–H and O–H groups in total. The third kappa shape index (κ3) is 20.8. The second-order valence-corrected chi connectivity index (χ2v) is 20.0. The summed E-state index contributed by atoms with van der Waals surface area (Å²) in [7, 11) is 0. The Kier molecular flexibility index (Phi) is 30.7. The topological polar surface area (TPSA) is 64.4 Å². The summed E-state index contributed by atoms with van der Waals surface area (Å²) in [6.07, 6.45) is 53.2. The third-order valence-corrected chi connectivity index (χ3v) is 14.9. The molecular formula is C55H93ClFN3O2. The molecule has 2 fully saturated rings. The molecule has 3 rings (SSSR count). The number of nitrogens with zero attached hydrogens (tertiary/aromatic N) is 3. The first-order valence-corrected chi connectivity index (χ1v) is 27.3. The van der Waals surface area contributed by atoms with Crippen LogP contribution >= 0.6 is 11.6 Å². The van der Waals surface area contributed by atoms with Gasteiger partial charge in [0.15, 0.2) is 0 Å². The molecule has 0 unspecified atom stereocenters. The van der Waals surface area contributed by atoms with E-state index in [4.69, 9.17) is 11.6 Å². The van der Waals surface area contributed by atoms with Crippen molar-refractivity contribution in [3.8, 4) is 6.07 Å². The molecule has 0 radical (unpaired) electrons. The molecule has 1 aliphatic carbocycles. The average Bonchev–Trinajstić information content (AvgIpc) is 3.47. The Morgan fingerprint density at radius 1 is 0.532 bits per heavy atom. The van der Waals surface area contributed by atoms with Crippen LogP contribution in [-0.4, -0.2) is 35.6 Å². The Balaban J connectivity index is 1.52. The van der Waals surface area contributed by atoms with Crippen molar-refractivity contribution in [1.82, 2.24) is 4.90 Å². The van der Waals surface area contributed by atoms with Crippen LogP contribution in [0.25, 0.3) is 0 Å². The SMILES string of the molecule is Cc1c(N2C(=O)N(CCCF)C3(CCCCCCCCCCCCCCCCCCCCCCCCCCCCCCCCCCCCCCCCC3)C2=O)ccc(C#N)c1Cl. The summed E-state index contributed by atoms with van der Waals surface area (Å²) in [4.78, 5) is 32.0. The Morgan fingerprint density at radius 2 is 0.823 bits per heavy atom. The number of hydrogen-bond acceptors (Lipinski definition) is 3. The highest BCUT2D eigenvalue weighted by atomic mass is 35.5. The Bertz CT molecular complexity index is 1320. The fraction of sp³-hybridized carbons (Fsp3) is 0.836. The molecule has 3 amide bonds. The summed E-state index contributed by atoms with van der Waals surface area (Å²) < 4.78 is 13.7. The number of carbonyl (C=O) groups is 2. The second kappa shape index (κ2) is 35.2. The van der Waals surface area contributed by atoms with Crippen molar-refractivity contribution in [3.05, 3.63) is 28.3 Å². The van der Waals surface area contributed by atoms with Crippen LogP contribution in [0.3, 0.4) is 0 Å². The standard InChI is InChI=1S/C55H93ClFN3O2/c1-49-51(43-42-50(48-58)52(49)56)60-53(61)55(59(54(60)62)47-41-46-57)44-39-37-35-33-31-29-27-25-23-21-19-17-15-13-11-9-7-5-3-2-4-6-8-10-12-14-16-18-20-22-24-26-28-30-32-34-36-38-40-45-55/h42-43H,2-41,44-47H2,1H3. The van der Waals surface area contributed by atoms with Gasteiger partial charge in [-0.2, -0.15) is 5.26 Å². The first-order chi connectivity index (χ1) is 30.5. The van der Waals surface area contributed by atoms with Gasteiger partial charge >= 0.3 is 6.03 Å². The van der Waals surface area contributed by atoms with Crippen molar-refractivity contribution in [3.63, 3.8) is 0 Å². The molecule has 1 spiro atoms. The van der Waals surface area contributed by atoms with Gasteiger partial charge in [-0.25, -0.2) is 9.69 Å². The summed E-state index contributed by atoms with van der Waals surface area (Å²) in [5, 5.41) is 9.83. The maximum absolute atomic E-state index is 14.7. The Labute approximate surface area is 386 Å². The molecule has 1 saturated heterocycles. The van der Waals surface area contributed by atoms with Gasteiger partial charge in [0.2, 0.25) is 0 Å². The number of halogens is 2. The summed E-state index contributed by atoms with van der Waals surface area (Å²) in [6, 6.07) is 5.00. The van der Waals surface area contributed by atoms with Crippen molar-refractivity contribution < 1.29 is 14.0 Å². The Hall–Kier alpha value is -2.13. The van der Waals surface area contributed by atoms with Gasteiger partial charge in [-0.1, -0.05) is 262 Å². The minimum absolute atomic E-state index is 0.207. The highest BCUT2D eigenvalue weighted by molar-refractivity contribution is 6.33. The van der Waals surface area contributed by atoms with Crippen LogP contribution in [0.2, 0.25) is 5.02 Å². The highest BCUT2D eigenvalue weighted by Gasteiger charge is 2.56. The van der Waals surface area contributed by atoms with Gasteiger partial charge in [0, 0.05) is 6.54 Å². The second-order valence-electron chi connectivity index (χ2n) is 19.6. The summed E-state index contributed by atoms with van der Waals surface area (Å²) >= 11 is 6.57. The lowest BCUT2D eigenvalue weighted by atomic mass is 9.84. The Morgan fingerprint density at radius 3 is 1.10 bits per heavy atom. The number of carbonyl (C=O) groups excluding carboxylic acids is 2. The molecule has 1 heterocycles. The molecule has 0 bridgehead atoms. The van der Waals surface area contributed by atoms with Crippen molar-refractivity contribution in [2.45, 2.75) is 282 Å². The van der Waals surface area contributed by atoms with Gasteiger partial charge in [-0.05, 0) is 43.9 Å². The van der Waals surface area contributed by atoms with E-state index in [-0.39, 0.29) is 29.9 Å². The van der Waals surface area contributed by atoms with E-state index in [1.807, 2.05) is 0 Å².